The van der Waals surface area contributed by atoms with Crippen LogP contribution < -0.4 is 5.32 Å². The van der Waals surface area contributed by atoms with E-state index in [0.717, 1.165) is 5.56 Å². The molecule has 0 saturated carbocycles. The van der Waals surface area contributed by atoms with E-state index in [2.05, 4.69) is 15.4 Å². The van der Waals surface area contributed by atoms with Crippen molar-refractivity contribution in [3.63, 3.8) is 0 Å². The molecule has 0 spiro atoms. The van der Waals surface area contributed by atoms with Crippen molar-refractivity contribution in [2.24, 2.45) is 7.05 Å². The number of likely N-dealkylation sites (tertiary alicyclic amines) is 1. The molecular weight excluding hydrogens is 325 g/mol. The van der Waals surface area contributed by atoms with Crippen LogP contribution in [0.5, 0.6) is 0 Å². The SMILES string of the molecule is Cn1cc(C(=O)N2CCC(F)(C(=O)NCc3ccncc3)CC2)cn1. The fraction of sp³-hybridized carbons (Fsp3) is 0.412. The van der Waals surface area contributed by atoms with E-state index in [1.807, 2.05) is 0 Å². The Hall–Kier alpha value is -2.77. The minimum atomic E-state index is -1.95. The van der Waals surface area contributed by atoms with Crippen LogP contribution in [-0.4, -0.2) is 50.2 Å². The van der Waals surface area contributed by atoms with Crippen LogP contribution >= 0.6 is 0 Å². The van der Waals surface area contributed by atoms with Crippen LogP contribution in [0.25, 0.3) is 0 Å². The lowest BCUT2D eigenvalue weighted by molar-refractivity contribution is -0.135. The third kappa shape index (κ3) is 3.84. The van der Waals surface area contributed by atoms with Crippen LogP contribution in [0.2, 0.25) is 0 Å². The second-order valence-electron chi connectivity index (χ2n) is 6.20. The highest BCUT2D eigenvalue weighted by Gasteiger charge is 2.42. The molecule has 132 valence electrons. The maximum atomic E-state index is 14.9. The third-order valence-corrected chi connectivity index (χ3v) is 4.40. The lowest BCUT2D eigenvalue weighted by Gasteiger charge is -2.35. The number of nitrogens with zero attached hydrogens (tertiary/aromatic N) is 4. The molecule has 1 N–H and O–H groups in total. The number of halogens is 1. The number of hydrogen-bond donors (Lipinski definition) is 1. The zero-order valence-electron chi connectivity index (χ0n) is 14.0. The molecule has 1 aliphatic heterocycles. The first-order chi connectivity index (χ1) is 12.0. The van der Waals surface area contributed by atoms with Crippen LogP contribution in [-0.2, 0) is 18.4 Å². The third-order valence-electron chi connectivity index (χ3n) is 4.40. The number of rotatable bonds is 4. The van der Waals surface area contributed by atoms with E-state index in [-0.39, 0.29) is 38.4 Å². The van der Waals surface area contributed by atoms with Gasteiger partial charge in [0.2, 0.25) is 0 Å². The second kappa shape index (κ2) is 7.00. The van der Waals surface area contributed by atoms with Gasteiger partial charge in [-0.3, -0.25) is 19.3 Å². The van der Waals surface area contributed by atoms with Crippen molar-refractivity contribution in [3.8, 4) is 0 Å². The molecule has 8 heteroatoms. The molecule has 0 aromatic carbocycles. The number of hydrogen-bond acceptors (Lipinski definition) is 4. The minimum absolute atomic E-state index is 0.0127. The van der Waals surface area contributed by atoms with E-state index in [1.165, 1.54) is 6.20 Å². The normalized spacial score (nSPS) is 16.5. The highest BCUT2D eigenvalue weighted by molar-refractivity contribution is 5.94. The first kappa shape index (κ1) is 17.1. The second-order valence-corrected chi connectivity index (χ2v) is 6.20. The average Bonchev–Trinajstić information content (AvgIpc) is 3.07. The summed E-state index contributed by atoms with van der Waals surface area (Å²) in [5, 5.41) is 6.60. The molecule has 0 atom stereocenters. The molecule has 3 rings (SSSR count). The van der Waals surface area contributed by atoms with Crippen molar-refractivity contribution in [3.05, 3.63) is 48.0 Å². The quantitative estimate of drug-likeness (QED) is 0.899. The molecule has 1 saturated heterocycles. The number of aryl methyl sites for hydroxylation is 1. The lowest BCUT2D eigenvalue weighted by Crippen LogP contribution is -2.52. The number of pyridine rings is 1. The first-order valence-electron chi connectivity index (χ1n) is 8.12. The molecule has 1 fully saturated rings. The Bertz CT molecular complexity index is 753. The molecule has 1 aliphatic rings. The van der Waals surface area contributed by atoms with Crippen LogP contribution in [0.1, 0.15) is 28.8 Å². The smallest absolute Gasteiger partial charge is 0.258 e. The van der Waals surface area contributed by atoms with Gasteiger partial charge in [-0.15, -0.1) is 0 Å². The predicted molar refractivity (Wildman–Crippen MR) is 88.3 cm³/mol. The molecule has 0 aliphatic carbocycles. The van der Waals surface area contributed by atoms with Crippen molar-refractivity contribution >= 4 is 11.8 Å². The van der Waals surface area contributed by atoms with Crippen molar-refractivity contribution in [2.45, 2.75) is 25.1 Å². The molecular formula is C17H20FN5O2. The summed E-state index contributed by atoms with van der Waals surface area (Å²) in [5.41, 5.74) is -0.620. The fourth-order valence-corrected chi connectivity index (χ4v) is 2.85. The molecule has 0 bridgehead atoms. The maximum Gasteiger partial charge on any atom is 0.258 e. The summed E-state index contributed by atoms with van der Waals surface area (Å²) in [7, 11) is 1.73. The predicted octanol–water partition coefficient (Wildman–Crippen LogP) is 1.08. The standard InChI is InChI=1S/C17H20FN5O2/c1-22-12-14(11-21-22)15(24)23-8-4-17(18,5-9-23)16(25)20-10-13-2-6-19-7-3-13/h2-3,6-7,11-12H,4-5,8-10H2,1H3,(H,20,25). The van der Waals surface area contributed by atoms with Gasteiger partial charge >= 0.3 is 0 Å². The van der Waals surface area contributed by atoms with E-state index in [0.29, 0.717) is 5.56 Å². The van der Waals surface area contributed by atoms with Crippen molar-refractivity contribution < 1.29 is 14.0 Å². The summed E-state index contributed by atoms with van der Waals surface area (Å²) in [4.78, 5) is 30.0. The molecule has 2 aromatic heterocycles. The average molecular weight is 345 g/mol. The summed E-state index contributed by atoms with van der Waals surface area (Å²) >= 11 is 0. The molecule has 2 aromatic rings. The van der Waals surface area contributed by atoms with Crippen LogP contribution in [0.4, 0.5) is 4.39 Å². The van der Waals surface area contributed by atoms with Gasteiger partial charge in [-0.05, 0) is 17.7 Å². The topological polar surface area (TPSA) is 80.1 Å². The summed E-state index contributed by atoms with van der Waals surface area (Å²) in [5.74, 6) is -0.815. The van der Waals surface area contributed by atoms with Gasteiger partial charge in [0, 0.05) is 58.1 Å². The van der Waals surface area contributed by atoms with Gasteiger partial charge in [0.1, 0.15) is 0 Å². The number of carbonyl (C=O) groups is 2. The zero-order valence-corrected chi connectivity index (χ0v) is 14.0. The molecule has 0 radical (unpaired) electrons. The zero-order chi connectivity index (χ0) is 17.9. The number of alkyl halides is 1. The van der Waals surface area contributed by atoms with Gasteiger partial charge in [-0.1, -0.05) is 0 Å². The fourth-order valence-electron chi connectivity index (χ4n) is 2.85. The monoisotopic (exact) mass is 345 g/mol. The lowest BCUT2D eigenvalue weighted by atomic mass is 9.92. The summed E-state index contributed by atoms with van der Waals surface area (Å²) in [6.07, 6.45) is 6.33. The van der Waals surface area contributed by atoms with E-state index < -0.39 is 11.6 Å². The van der Waals surface area contributed by atoms with E-state index in [4.69, 9.17) is 0 Å². The number of carbonyl (C=O) groups excluding carboxylic acids is 2. The number of aromatic nitrogens is 3. The van der Waals surface area contributed by atoms with Crippen molar-refractivity contribution in [1.82, 2.24) is 25.0 Å². The summed E-state index contributed by atoms with van der Waals surface area (Å²) < 4.78 is 16.5. The van der Waals surface area contributed by atoms with Crippen molar-refractivity contribution in [1.29, 1.82) is 0 Å². The highest BCUT2D eigenvalue weighted by atomic mass is 19.1. The Morgan fingerprint density at radius 2 is 1.96 bits per heavy atom. The van der Waals surface area contributed by atoms with E-state index >= 15 is 0 Å². The Morgan fingerprint density at radius 1 is 1.28 bits per heavy atom. The molecule has 2 amide bonds. The van der Waals surface area contributed by atoms with Gasteiger partial charge < -0.3 is 10.2 Å². The van der Waals surface area contributed by atoms with Gasteiger partial charge in [0.05, 0.1) is 11.8 Å². The molecule has 3 heterocycles. The van der Waals surface area contributed by atoms with Crippen LogP contribution in [0, 0.1) is 0 Å². The number of nitrogens with one attached hydrogen (secondary N) is 1. The van der Waals surface area contributed by atoms with Crippen LogP contribution in [0.3, 0.4) is 0 Å². The molecule has 7 nitrogen and oxygen atoms in total. The van der Waals surface area contributed by atoms with E-state index in [9.17, 15) is 14.0 Å². The minimum Gasteiger partial charge on any atom is -0.349 e. The summed E-state index contributed by atoms with van der Waals surface area (Å²) in [6, 6.07) is 3.53. The Kier molecular flexibility index (Phi) is 4.78. The van der Waals surface area contributed by atoms with E-state index in [1.54, 1.807) is 47.4 Å². The van der Waals surface area contributed by atoms with Gasteiger partial charge in [0.15, 0.2) is 5.67 Å². The highest BCUT2D eigenvalue weighted by Crippen LogP contribution is 2.27. The van der Waals surface area contributed by atoms with Gasteiger partial charge in [-0.2, -0.15) is 5.10 Å². The van der Waals surface area contributed by atoms with Gasteiger partial charge in [0.25, 0.3) is 11.8 Å². The van der Waals surface area contributed by atoms with Gasteiger partial charge in [-0.25, -0.2) is 4.39 Å². The largest absolute Gasteiger partial charge is 0.349 e. The molecule has 25 heavy (non-hydrogen) atoms. The maximum absolute atomic E-state index is 14.9. The Labute approximate surface area is 144 Å². The number of piperidine rings is 1. The first-order valence-corrected chi connectivity index (χ1v) is 8.12. The Balaban J connectivity index is 1.54. The molecule has 0 unspecified atom stereocenters. The number of amides is 2. The summed E-state index contributed by atoms with van der Waals surface area (Å²) in [6.45, 7) is 0.658. The van der Waals surface area contributed by atoms with Crippen LogP contribution in [0.15, 0.2) is 36.9 Å². The Morgan fingerprint density at radius 3 is 2.56 bits per heavy atom. The van der Waals surface area contributed by atoms with Crippen molar-refractivity contribution in [2.75, 3.05) is 13.1 Å².